The van der Waals surface area contributed by atoms with Gasteiger partial charge in [0, 0.05) is 12.0 Å². The first kappa shape index (κ1) is 18.8. The fourth-order valence-corrected chi connectivity index (χ4v) is 5.80. The van der Waals surface area contributed by atoms with E-state index in [0.29, 0.717) is 16.5 Å². The Morgan fingerprint density at radius 3 is 2.84 bits per heavy atom. The molecule has 0 aliphatic carbocycles. The van der Waals surface area contributed by atoms with Gasteiger partial charge in [-0.15, -0.1) is 6.42 Å². The lowest BCUT2D eigenvalue weighted by Gasteiger charge is -2.32. The van der Waals surface area contributed by atoms with Crippen molar-refractivity contribution in [1.82, 2.24) is 14.8 Å². The molecule has 1 spiro atoms. The number of carbonyl (C=O) groups is 2. The Kier molecular flexibility index (Phi) is 3.83. The number of nitrogens with zero attached hydrogens (tertiary/aromatic N) is 4. The highest BCUT2D eigenvalue weighted by atomic mass is 32.1. The van der Waals surface area contributed by atoms with Crippen LogP contribution < -0.4 is 10.2 Å². The van der Waals surface area contributed by atoms with Crippen molar-refractivity contribution >= 4 is 44.9 Å². The quantitative estimate of drug-likeness (QED) is 0.486. The number of fused-ring (bicyclic) bond motifs is 5. The Bertz CT molecular complexity index is 1460. The molecule has 0 saturated heterocycles. The molecule has 4 aromatic rings. The van der Waals surface area contributed by atoms with Crippen molar-refractivity contribution in [2.45, 2.75) is 18.8 Å². The van der Waals surface area contributed by atoms with E-state index in [1.54, 1.807) is 15.8 Å². The van der Waals surface area contributed by atoms with Gasteiger partial charge in [0.15, 0.2) is 0 Å². The van der Waals surface area contributed by atoms with Gasteiger partial charge in [-0.05, 0) is 30.2 Å². The lowest BCUT2D eigenvalue weighted by atomic mass is 9.71. The second kappa shape index (κ2) is 6.52. The van der Waals surface area contributed by atoms with Gasteiger partial charge >= 0.3 is 0 Å². The number of aromatic nitrogens is 3. The molecule has 6 rings (SSSR count). The molecule has 32 heavy (non-hydrogen) atoms. The number of anilines is 2. The minimum atomic E-state index is -1.16. The molecule has 156 valence electrons. The summed E-state index contributed by atoms with van der Waals surface area (Å²) in [6.07, 6.45) is 7.26. The molecule has 2 amide bonds. The van der Waals surface area contributed by atoms with Gasteiger partial charge in [-0.2, -0.15) is 9.78 Å². The van der Waals surface area contributed by atoms with Crippen molar-refractivity contribution in [2.75, 3.05) is 16.8 Å². The van der Waals surface area contributed by atoms with Crippen LogP contribution in [0.25, 0.3) is 15.3 Å². The molecule has 0 unspecified atom stereocenters. The first-order chi connectivity index (χ1) is 15.5. The number of benzene rings is 2. The highest BCUT2D eigenvalue weighted by molar-refractivity contribution is 7.20. The maximum Gasteiger partial charge on any atom is 0.243 e. The third kappa shape index (κ3) is 2.31. The summed E-state index contributed by atoms with van der Waals surface area (Å²) in [5.74, 6) is 2.62. The summed E-state index contributed by atoms with van der Waals surface area (Å²) >= 11 is 1.47. The van der Waals surface area contributed by atoms with Gasteiger partial charge in [0.05, 0.1) is 28.6 Å². The number of rotatable bonds is 2. The molecule has 2 aromatic carbocycles. The van der Waals surface area contributed by atoms with E-state index in [0.717, 1.165) is 27.0 Å². The standard InChI is InChI=1S/C24H17N5O2S/c1-3-11-28-20-14(2)7-6-8-15(20)24(22(28)31)12-19(30)27-21-16(24)13-25-29(21)23-26-17-9-4-5-10-18(17)32-23/h1,4-10,13H,11-12H2,2H3,(H,27,30)/t24-/m0/s1. The van der Waals surface area contributed by atoms with Gasteiger partial charge in [-0.3, -0.25) is 14.5 Å². The summed E-state index contributed by atoms with van der Waals surface area (Å²) in [4.78, 5) is 33.1. The largest absolute Gasteiger partial charge is 0.310 e. The number of para-hydroxylation sites is 2. The average molecular weight is 440 g/mol. The van der Waals surface area contributed by atoms with E-state index in [1.807, 2.05) is 49.4 Å². The molecule has 4 heterocycles. The summed E-state index contributed by atoms with van der Waals surface area (Å²) in [5, 5.41) is 8.11. The Morgan fingerprint density at radius 2 is 2.03 bits per heavy atom. The molecule has 1 N–H and O–H groups in total. The number of thiazole rings is 1. The summed E-state index contributed by atoms with van der Waals surface area (Å²) in [7, 11) is 0. The van der Waals surface area contributed by atoms with Crippen LogP contribution in [0.2, 0.25) is 0 Å². The first-order valence-corrected chi connectivity index (χ1v) is 11.0. The summed E-state index contributed by atoms with van der Waals surface area (Å²) in [5.41, 5.74) is 2.86. The average Bonchev–Trinajstić information content (AvgIpc) is 3.45. The Hall–Kier alpha value is -3.96. The van der Waals surface area contributed by atoms with Crippen LogP contribution in [0.3, 0.4) is 0 Å². The summed E-state index contributed by atoms with van der Waals surface area (Å²) in [6, 6.07) is 13.6. The molecule has 0 radical (unpaired) electrons. The number of amides is 2. The monoisotopic (exact) mass is 439 g/mol. The zero-order valence-electron chi connectivity index (χ0n) is 17.1. The maximum atomic E-state index is 13.9. The van der Waals surface area contributed by atoms with E-state index in [-0.39, 0.29) is 24.8 Å². The number of carbonyl (C=O) groups excluding carboxylic acids is 2. The predicted molar refractivity (Wildman–Crippen MR) is 123 cm³/mol. The van der Waals surface area contributed by atoms with Crippen LogP contribution in [0.4, 0.5) is 11.5 Å². The highest BCUT2D eigenvalue weighted by Gasteiger charge is 2.57. The minimum absolute atomic E-state index is 0.00188. The molecule has 8 heteroatoms. The van der Waals surface area contributed by atoms with Crippen LogP contribution in [0.15, 0.2) is 48.7 Å². The Morgan fingerprint density at radius 1 is 1.19 bits per heavy atom. The van der Waals surface area contributed by atoms with Crippen LogP contribution in [-0.4, -0.2) is 33.1 Å². The van der Waals surface area contributed by atoms with Gasteiger partial charge in [-0.25, -0.2) is 4.98 Å². The minimum Gasteiger partial charge on any atom is -0.310 e. The SMILES string of the molecule is C#CCN1C(=O)[C@@]2(CC(=O)Nc3c2cnn3-c2nc3ccccc3s2)c2cccc(C)c21. The molecule has 0 fully saturated rings. The van der Waals surface area contributed by atoms with Crippen LogP contribution in [0.5, 0.6) is 0 Å². The summed E-state index contributed by atoms with van der Waals surface area (Å²) in [6.45, 7) is 2.09. The molecular weight excluding hydrogens is 422 g/mol. The number of aryl methyl sites for hydroxylation is 1. The molecule has 2 aromatic heterocycles. The van der Waals surface area contributed by atoms with E-state index >= 15 is 0 Å². The van der Waals surface area contributed by atoms with Gasteiger partial charge in [0.25, 0.3) is 0 Å². The predicted octanol–water partition coefficient (Wildman–Crippen LogP) is 3.40. The third-order valence-electron chi connectivity index (χ3n) is 6.20. The van der Waals surface area contributed by atoms with Crippen LogP contribution in [0.1, 0.15) is 23.1 Å². The lowest BCUT2D eigenvalue weighted by molar-refractivity contribution is -0.126. The van der Waals surface area contributed by atoms with Crippen molar-refractivity contribution in [3.8, 4) is 17.5 Å². The van der Waals surface area contributed by atoms with Crippen molar-refractivity contribution < 1.29 is 9.59 Å². The normalized spacial score (nSPS) is 19.2. The topological polar surface area (TPSA) is 80.1 Å². The second-order valence-corrected chi connectivity index (χ2v) is 8.99. The fourth-order valence-electron chi connectivity index (χ4n) is 4.87. The smallest absolute Gasteiger partial charge is 0.243 e. The van der Waals surface area contributed by atoms with Crippen molar-refractivity contribution in [3.63, 3.8) is 0 Å². The van der Waals surface area contributed by atoms with E-state index in [9.17, 15) is 9.59 Å². The molecule has 2 aliphatic heterocycles. The summed E-state index contributed by atoms with van der Waals surface area (Å²) < 4.78 is 2.63. The van der Waals surface area contributed by atoms with Gasteiger partial charge in [0.2, 0.25) is 16.9 Å². The highest BCUT2D eigenvalue weighted by Crippen LogP contribution is 2.53. The van der Waals surface area contributed by atoms with E-state index in [1.165, 1.54) is 11.3 Å². The van der Waals surface area contributed by atoms with Crippen molar-refractivity contribution in [2.24, 2.45) is 0 Å². The molecule has 0 saturated carbocycles. The zero-order valence-corrected chi connectivity index (χ0v) is 17.9. The number of hydrogen-bond donors (Lipinski definition) is 1. The first-order valence-electron chi connectivity index (χ1n) is 10.1. The van der Waals surface area contributed by atoms with Gasteiger partial charge in [-0.1, -0.05) is 47.6 Å². The fraction of sp³-hybridized carbons (Fsp3) is 0.167. The van der Waals surface area contributed by atoms with E-state index in [4.69, 9.17) is 6.42 Å². The van der Waals surface area contributed by atoms with Crippen molar-refractivity contribution in [1.29, 1.82) is 0 Å². The number of hydrogen-bond acceptors (Lipinski definition) is 5. The molecule has 2 aliphatic rings. The third-order valence-corrected chi connectivity index (χ3v) is 7.22. The van der Waals surface area contributed by atoms with Crippen LogP contribution >= 0.6 is 11.3 Å². The van der Waals surface area contributed by atoms with E-state index < -0.39 is 5.41 Å². The number of terminal acetylenes is 1. The maximum absolute atomic E-state index is 13.9. The molecular formula is C24H17N5O2S. The zero-order chi connectivity index (χ0) is 22.0. The van der Waals surface area contributed by atoms with Crippen LogP contribution in [0, 0.1) is 19.3 Å². The van der Waals surface area contributed by atoms with Crippen LogP contribution in [-0.2, 0) is 15.0 Å². The van der Waals surface area contributed by atoms with Crippen molar-refractivity contribution in [3.05, 3.63) is 65.4 Å². The Labute approximate surface area is 187 Å². The molecule has 7 nitrogen and oxygen atoms in total. The second-order valence-electron chi connectivity index (χ2n) is 7.98. The lowest BCUT2D eigenvalue weighted by Crippen LogP contribution is -2.46. The Balaban J connectivity index is 1.60. The van der Waals surface area contributed by atoms with E-state index in [2.05, 4.69) is 21.3 Å². The number of nitrogens with one attached hydrogen (secondary N) is 1. The molecule has 0 bridgehead atoms. The molecule has 1 atom stereocenters. The van der Waals surface area contributed by atoms with Gasteiger partial charge in [0.1, 0.15) is 11.2 Å². The van der Waals surface area contributed by atoms with Gasteiger partial charge < -0.3 is 5.32 Å².